The van der Waals surface area contributed by atoms with E-state index in [2.05, 4.69) is 10.3 Å². The molecule has 1 aliphatic heterocycles. The van der Waals surface area contributed by atoms with Crippen LogP contribution in [0.1, 0.15) is 18.4 Å². The molecule has 1 amide bonds. The fourth-order valence-corrected chi connectivity index (χ4v) is 1.80. The van der Waals surface area contributed by atoms with Gasteiger partial charge in [0.15, 0.2) is 0 Å². The zero-order valence-electron chi connectivity index (χ0n) is 9.90. The lowest BCUT2D eigenvalue weighted by molar-refractivity contribution is -0.124. The summed E-state index contributed by atoms with van der Waals surface area (Å²) in [7, 11) is 0. The molecular formula is C12H17N3O2. The van der Waals surface area contributed by atoms with E-state index in [0.717, 1.165) is 5.56 Å². The average Bonchev–Trinajstić information content (AvgIpc) is 2.33. The number of amides is 1. The van der Waals surface area contributed by atoms with E-state index in [1.165, 1.54) is 0 Å². The fourth-order valence-electron chi connectivity index (χ4n) is 1.80. The summed E-state index contributed by atoms with van der Waals surface area (Å²) in [6.45, 7) is 3.00. The Hall–Kier alpha value is -1.46. The van der Waals surface area contributed by atoms with Crippen molar-refractivity contribution in [2.24, 2.45) is 5.73 Å². The number of pyridine rings is 1. The molecule has 0 aromatic carbocycles. The number of rotatable bonds is 2. The van der Waals surface area contributed by atoms with Gasteiger partial charge >= 0.3 is 0 Å². The van der Waals surface area contributed by atoms with Crippen LogP contribution in [0, 0.1) is 6.92 Å². The van der Waals surface area contributed by atoms with Crippen molar-refractivity contribution in [1.82, 2.24) is 4.98 Å². The van der Waals surface area contributed by atoms with Gasteiger partial charge in [0.05, 0.1) is 11.9 Å². The Kier molecular flexibility index (Phi) is 3.40. The largest absolute Gasteiger partial charge is 0.381 e. The van der Waals surface area contributed by atoms with Gasteiger partial charge < -0.3 is 15.8 Å². The highest BCUT2D eigenvalue weighted by molar-refractivity contribution is 5.98. The first-order chi connectivity index (χ1) is 8.12. The smallest absolute Gasteiger partial charge is 0.244 e. The van der Waals surface area contributed by atoms with Crippen molar-refractivity contribution in [3.8, 4) is 0 Å². The second kappa shape index (κ2) is 4.81. The Morgan fingerprint density at radius 3 is 2.88 bits per heavy atom. The Bertz CT molecular complexity index is 414. The summed E-state index contributed by atoms with van der Waals surface area (Å²) in [6, 6.07) is 1.85. The molecule has 0 aliphatic carbocycles. The van der Waals surface area contributed by atoms with Crippen LogP contribution in [0.2, 0.25) is 0 Å². The van der Waals surface area contributed by atoms with E-state index in [9.17, 15) is 4.79 Å². The molecule has 1 aromatic heterocycles. The summed E-state index contributed by atoms with van der Waals surface area (Å²) in [5.41, 5.74) is 6.96. The summed E-state index contributed by atoms with van der Waals surface area (Å²) in [6.07, 6.45) is 4.43. The number of ether oxygens (including phenoxy) is 1. The van der Waals surface area contributed by atoms with Crippen LogP contribution in [-0.4, -0.2) is 29.6 Å². The summed E-state index contributed by atoms with van der Waals surface area (Å²) in [4.78, 5) is 16.1. The van der Waals surface area contributed by atoms with E-state index in [4.69, 9.17) is 10.5 Å². The molecule has 0 atom stereocenters. The van der Waals surface area contributed by atoms with Crippen LogP contribution in [-0.2, 0) is 9.53 Å². The molecule has 1 saturated heterocycles. The van der Waals surface area contributed by atoms with Gasteiger partial charge in [0.1, 0.15) is 5.54 Å². The highest BCUT2D eigenvalue weighted by Crippen LogP contribution is 2.21. The molecule has 92 valence electrons. The zero-order valence-corrected chi connectivity index (χ0v) is 9.90. The number of carbonyl (C=O) groups is 1. The highest BCUT2D eigenvalue weighted by atomic mass is 16.5. The predicted octanol–water partition coefficient (Wildman–Crippen LogP) is 0.836. The van der Waals surface area contributed by atoms with Crippen LogP contribution in [0.5, 0.6) is 0 Å². The Morgan fingerprint density at radius 2 is 2.24 bits per heavy atom. The average molecular weight is 235 g/mol. The van der Waals surface area contributed by atoms with Gasteiger partial charge in [0, 0.05) is 19.4 Å². The van der Waals surface area contributed by atoms with Gasteiger partial charge in [-0.1, -0.05) is 0 Å². The van der Waals surface area contributed by atoms with Crippen molar-refractivity contribution in [3.63, 3.8) is 0 Å². The number of aromatic nitrogens is 1. The van der Waals surface area contributed by atoms with Gasteiger partial charge in [-0.05, 0) is 31.4 Å². The quantitative estimate of drug-likeness (QED) is 0.796. The van der Waals surface area contributed by atoms with Gasteiger partial charge in [0.25, 0.3) is 0 Å². The first-order valence-corrected chi connectivity index (χ1v) is 5.70. The molecule has 1 fully saturated rings. The summed E-state index contributed by atoms with van der Waals surface area (Å²) in [5, 5.41) is 2.84. The van der Waals surface area contributed by atoms with E-state index < -0.39 is 5.54 Å². The van der Waals surface area contributed by atoms with Gasteiger partial charge in [-0.25, -0.2) is 0 Å². The number of anilines is 1. The van der Waals surface area contributed by atoms with Gasteiger partial charge in [0.2, 0.25) is 5.91 Å². The van der Waals surface area contributed by atoms with Crippen LogP contribution < -0.4 is 11.1 Å². The van der Waals surface area contributed by atoms with Gasteiger partial charge in [-0.15, -0.1) is 0 Å². The minimum absolute atomic E-state index is 0.156. The lowest BCUT2D eigenvalue weighted by Crippen LogP contribution is -2.54. The maximum atomic E-state index is 12.1. The van der Waals surface area contributed by atoms with Gasteiger partial charge in [-0.3, -0.25) is 9.78 Å². The molecule has 1 aromatic rings. The van der Waals surface area contributed by atoms with Crippen molar-refractivity contribution in [3.05, 3.63) is 24.0 Å². The van der Waals surface area contributed by atoms with Crippen LogP contribution in [0.3, 0.4) is 0 Å². The van der Waals surface area contributed by atoms with Crippen molar-refractivity contribution in [2.45, 2.75) is 25.3 Å². The molecule has 1 aliphatic rings. The first-order valence-electron chi connectivity index (χ1n) is 5.70. The normalized spacial score (nSPS) is 18.7. The molecule has 5 nitrogen and oxygen atoms in total. The summed E-state index contributed by atoms with van der Waals surface area (Å²) < 4.78 is 5.22. The Morgan fingerprint density at radius 1 is 1.53 bits per heavy atom. The van der Waals surface area contributed by atoms with Crippen LogP contribution in [0.15, 0.2) is 18.5 Å². The Balaban J connectivity index is 2.08. The molecular weight excluding hydrogens is 218 g/mol. The summed E-state index contributed by atoms with van der Waals surface area (Å²) >= 11 is 0. The SMILES string of the molecule is Cc1ccncc1NC(=O)C1(N)CCOCC1. The monoisotopic (exact) mass is 235 g/mol. The first kappa shape index (κ1) is 12.0. The lowest BCUT2D eigenvalue weighted by atomic mass is 9.90. The standard InChI is InChI=1S/C12H17N3O2/c1-9-2-5-14-8-10(9)15-11(16)12(13)3-6-17-7-4-12/h2,5,8H,3-4,6-7,13H2,1H3,(H,15,16). The maximum Gasteiger partial charge on any atom is 0.244 e. The number of aryl methyl sites for hydroxylation is 1. The maximum absolute atomic E-state index is 12.1. The van der Waals surface area contributed by atoms with E-state index in [1.54, 1.807) is 12.4 Å². The van der Waals surface area contributed by atoms with Crippen LogP contribution in [0.25, 0.3) is 0 Å². The second-order valence-corrected chi connectivity index (χ2v) is 4.41. The number of hydrogen-bond acceptors (Lipinski definition) is 4. The molecule has 3 N–H and O–H groups in total. The minimum Gasteiger partial charge on any atom is -0.381 e. The summed E-state index contributed by atoms with van der Waals surface area (Å²) in [5.74, 6) is -0.156. The highest BCUT2D eigenvalue weighted by Gasteiger charge is 2.36. The Labute approximate surface area is 100 Å². The fraction of sp³-hybridized carbons (Fsp3) is 0.500. The minimum atomic E-state index is -0.819. The van der Waals surface area contributed by atoms with Crippen LogP contribution in [0.4, 0.5) is 5.69 Å². The van der Waals surface area contributed by atoms with E-state index in [-0.39, 0.29) is 5.91 Å². The molecule has 2 heterocycles. The molecule has 0 radical (unpaired) electrons. The van der Waals surface area contributed by atoms with Crippen molar-refractivity contribution in [2.75, 3.05) is 18.5 Å². The number of nitrogens with zero attached hydrogens (tertiary/aromatic N) is 1. The molecule has 0 bridgehead atoms. The van der Waals surface area contributed by atoms with Crippen molar-refractivity contribution in [1.29, 1.82) is 0 Å². The molecule has 0 unspecified atom stereocenters. The third kappa shape index (κ3) is 2.62. The van der Waals surface area contributed by atoms with E-state index >= 15 is 0 Å². The van der Waals surface area contributed by atoms with Gasteiger partial charge in [-0.2, -0.15) is 0 Å². The molecule has 0 spiro atoms. The predicted molar refractivity (Wildman–Crippen MR) is 64.6 cm³/mol. The van der Waals surface area contributed by atoms with Crippen molar-refractivity contribution < 1.29 is 9.53 Å². The number of hydrogen-bond donors (Lipinski definition) is 2. The molecule has 5 heteroatoms. The third-order valence-corrected chi connectivity index (χ3v) is 3.12. The topological polar surface area (TPSA) is 77.2 Å². The van der Waals surface area contributed by atoms with E-state index in [0.29, 0.717) is 31.7 Å². The molecule has 2 rings (SSSR count). The number of nitrogens with two attached hydrogens (primary N) is 1. The number of carbonyl (C=O) groups excluding carboxylic acids is 1. The number of nitrogens with one attached hydrogen (secondary N) is 1. The third-order valence-electron chi connectivity index (χ3n) is 3.12. The van der Waals surface area contributed by atoms with E-state index in [1.807, 2.05) is 13.0 Å². The molecule has 0 saturated carbocycles. The van der Waals surface area contributed by atoms with Crippen LogP contribution >= 0.6 is 0 Å². The lowest BCUT2D eigenvalue weighted by Gasteiger charge is -2.31. The molecule has 17 heavy (non-hydrogen) atoms. The van der Waals surface area contributed by atoms with Crippen molar-refractivity contribution >= 4 is 11.6 Å². The zero-order chi connectivity index (χ0) is 12.3. The second-order valence-electron chi connectivity index (χ2n) is 4.41.